The third-order valence-corrected chi connectivity index (χ3v) is 2.63. The molecule has 0 aromatic carbocycles. The van der Waals surface area contributed by atoms with Gasteiger partial charge in [-0.15, -0.1) is 12.4 Å². The molecule has 3 heteroatoms. The van der Waals surface area contributed by atoms with Crippen LogP contribution in [0.3, 0.4) is 0 Å². The fourth-order valence-electron chi connectivity index (χ4n) is 2.13. The van der Waals surface area contributed by atoms with Gasteiger partial charge in [0.2, 0.25) is 0 Å². The van der Waals surface area contributed by atoms with Gasteiger partial charge in [0.25, 0.3) is 0 Å². The van der Waals surface area contributed by atoms with Gasteiger partial charge in [0.1, 0.15) is 0 Å². The van der Waals surface area contributed by atoms with E-state index in [0.717, 1.165) is 37.8 Å². The highest BCUT2D eigenvalue weighted by Crippen LogP contribution is 2.33. The number of halogens is 1. The zero-order valence-electron chi connectivity index (χ0n) is 5.92. The van der Waals surface area contributed by atoms with E-state index < -0.39 is 0 Å². The highest BCUT2D eigenvalue weighted by Gasteiger charge is 2.35. The molecule has 60 valence electrons. The maximum absolute atomic E-state index is 9.21. The lowest BCUT2D eigenvalue weighted by atomic mass is 10.0. The summed E-state index contributed by atoms with van der Waals surface area (Å²) in [4.78, 5) is 0. The lowest BCUT2D eigenvalue weighted by Crippen LogP contribution is -2.13. The van der Waals surface area contributed by atoms with Gasteiger partial charge in [-0.05, 0) is 37.8 Å². The molecule has 0 aromatic rings. The van der Waals surface area contributed by atoms with Gasteiger partial charge in [-0.2, -0.15) is 0 Å². The molecule has 0 radical (unpaired) electrons. The summed E-state index contributed by atoms with van der Waals surface area (Å²) in [5.74, 6) is 1.58. The molecular formula is C7H14ClNO. The lowest BCUT2D eigenvalue weighted by molar-refractivity contribution is 0.173. The van der Waals surface area contributed by atoms with Crippen molar-refractivity contribution in [3.05, 3.63) is 0 Å². The van der Waals surface area contributed by atoms with Crippen LogP contribution in [0.4, 0.5) is 0 Å². The molecule has 1 heterocycles. The molecule has 2 rings (SSSR count). The fraction of sp³-hybridized carbons (Fsp3) is 1.00. The smallest absolute Gasteiger partial charge is 0.0546 e. The van der Waals surface area contributed by atoms with Crippen molar-refractivity contribution in [2.24, 2.45) is 11.8 Å². The average molecular weight is 164 g/mol. The summed E-state index contributed by atoms with van der Waals surface area (Å²) in [5, 5.41) is 12.5. The first-order valence-electron chi connectivity index (χ1n) is 3.75. The third kappa shape index (κ3) is 1.29. The first-order valence-corrected chi connectivity index (χ1v) is 3.75. The van der Waals surface area contributed by atoms with E-state index in [4.69, 9.17) is 0 Å². The predicted molar refractivity (Wildman–Crippen MR) is 42.3 cm³/mol. The van der Waals surface area contributed by atoms with Gasteiger partial charge in [-0.1, -0.05) is 0 Å². The Balaban J connectivity index is 0.000000500. The third-order valence-electron chi connectivity index (χ3n) is 2.63. The maximum atomic E-state index is 9.21. The Labute approximate surface area is 67.4 Å². The van der Waals surface area contributed by atoms with Crippen LogP contribution in [0.1, 0.15) is 12.8 Å². The Morgan fingerprint density at radius 2 is 1.60 bits per heavy atom. The summed E-state index contributed by atoms with van der Waals surface area (Å²) in [5.41, 5.74) is 0. The maximum Gasteiger partial charge on any atom is 0.0546 e. The predicted octanol–water partition coefficient (Wildman–Crippen LogP) is 0.398. The summed E-state index contributed by atoms with van der Waals surface area (Å²) in [6.07, 6.45) is 2.09. The molecule has 0 aromatic heterocycles. The zero-order valence-corrected chi connectivity index (χ0v) is 6.73. The monoisotopic (exact) mass is 163 g/mol. The highest BCUT2D eigenvalue weighted by atomic mass is 35.5. The summed E-state index contributed by atoms with van der Waals surface area (Å²) >= 11 is 0. The van der Waals surface area contributed by atoms with E-state index in [2.05, 4.69) is 5.32 Å². The average Bonchev–Trinajstić information content (AvgIpc) is 2.22. The van der Waals surface area contributed by atoms with Crippen LogP contribution in [-0.4, -0.2) is 24.3 Å². The molecule has 10 heavy (non-hydrogen) atoms. The van der Waals surface area contributed by atoms with Crippen LogP contribution in [0.2, 0.25) is 0 Å². The van der Waals surface area contributed by atoms with Gasteiger partial charge in [-0.3, -0.25) is 0 Å². The molecule has 0 spiro atoms. The molecular weight excluding hydrogens is 150 g/mol. The van der Waals surface area contributed by atoms with Gasteiger partial charge in [0, 0.05) is 0 Å². The van der Waals surface area contributed by atoms with E-state index in [1.807, 2.05) is 0 Å². The minimum Gasteiger partial charge on any atom is -0.393 e. The molecule has 2 aliphatic rings. The van der Waals surface area contributed by atoms with Crippen LogP contribution in [0.25, 0.3) is 0 Å². The van der Waals surface area contributed by atoms with Gasteiger partial charge in [0.15, 0.2) is 0 Å². The second-order valence-corrected chi connectivity index (χ2v) is 3.30. The second kappa shape index (κ2) is 3.07. The molecule has 0 bridgehead atoms. The van der Waals surface area contributed by atoms with Gasteiger partial charge < -0.3 is 10.4 Å². The van der Waals surface area contributed by atoms with Gasteiger partial charge >= 0.3 is 0 Å². The number of aliphatic hydroxyl groups excluding tert-OH is 1. The van der Waals surface area contributed by atoms with Crippen molar-refractivity contribution in [2.75, 3.05) is 13.1 Å². The fourth-order valence-corrected chi connectivity index (χ4v) is 2.13. The van der Waals surface area contributed by atoms with Crippen molar-refractivity contribution < 1.29 is 5.11 Å². The first kappa shape index (κ1) is 8.31. The Bertz CT molecular complexity index is 108. The number of fused-ring (bicyclic) bond motifs is 1. The topological polar surface area (TPSA) is 32.3 Å². The minimum atomic E-state index is 0. The molecule has 3 atom stereocenters. The SMILES string of the molecule is Cl.O[C@@H]1C[C@H]2CNC[C@H]2C1. The van der Waals surface area contributed by atoms with Crippen molar-refractivity contribution in [3.8, 4) is 0 Å². The van der Waals surface area contributed by atoms with E-state index in [1.165, 1.54) is 0 Å². The molecule has 1 saturated carbocycles. The molecule has 1 aliphatic carbocycles. The number of hydrogen-bond donors (Lipinski definition) is 2. The summed E-state index contributed by atoms with van der Waals surface area (Å²) in [7, 11) is 0. The van der Waals surface area contributed by atoms with Crippen molar-refractivity contribution in [1.82, 2.24) is 5.32 Å². The van der Waals surface area contributed by atoms with Crippen LogP contribution in [0.15, 0.2) is 0 Å². The summed E-state index contributed by atoms with van der Waals surface area (Å²) in [6, 6.07) is 0. The normalized spacial score (nSPS) is 44.7. The number of aliphatic hydroxyl groups is 1. The summed E-state index contributed by atoms with van der Waals surface area (Å²) < 4.78 is 0. The Morgan fingerprint density at radius 3 is 2.10 bits per heavy atom. The van der Waals surface area contributed by atoms with E-state index >= 15 is 0 Å². The first-order chi connectivity index (χ1) is 4.36. The van der Waals surface area contributed by atoms with Crippen LogP contribution in [0.5, 0.6) is 0 Å². The number of nitrogens with one attached hydrogen (secondary N) is 1. The van der Waals surface area contributed by atoms with E-state index in [9.17, 15) is 5.11 Å². The highest BCUT2D eigenvalue weighted by molar-refractivity contribution is 5.85. The van der Waals surface area contributed by atoms with Gasteiger partial charge in [-0.25, -0.2) is 0 Å². The van der Waals surface area contributed by atoms with Crippen LogP contribution in [-0.2, 0) is 0 Å². The molecule has 0 amide bonds. The Kier molecular flexibility index (Phi) is 2.55. The van der Waals surface area contributed by atoms with Crippen molar-refractivity contribution in [1.29, 1.82) is 0 Å². The molecule has 1 saturated heterocycles. The van der Waals surface area contributed by atoms with Crippen LogP contribution < -0.4 is 5.32 Å². The quantitative estimate of drug-likeness (QED) is 0.542. The largest absolute Gasteiger partial charge is 0.393 e. The molecule has 2 nitrogen and oxygen atoms in total. The standard InChI is InChI=1S/C7H13NO.ClH/c9-7-1-5-3-8-4-6(5)2-7;/h5-9H,1-4H2;1H/t5-,6+,7+;. The van der Waals surface area contributed by atoms with Crippen molar-refractivity contribution >= 4 is 12.4 Å². The molecule has 2 fully saturated rings. The molecule has 0 unspecified atom stereocenters. The van der Waals surface area contributed by atoms with Crippen LogP contribution >= 0.6 is 12.4 Å². The van der Waals surface area contributed by atoms with Crippen molar-refractivity contribution in [3.63, 3.8) is 0 Å². The van der Waals surface area contributed by atoms with E-state index in [0.29, 0.717) is 0 Å². The van der Waals surface area contributed by atoms with Crippen molar-refractivity contribution in [2.45, 2.75) is 18.9 Å². The van der Waals surface area contributed by atoms with E-state index in [1.54, 1.807) is 0 Å². The van der Waals surface area contributed by atoms with E-state index in [-0.39, 0.29) is 18.5 Å². The molecule has 2 N–H and O–H groups in total. The summed E-state index contributed by atoms with van der Waals surface area (Å²) in [6.45, 7) is 2.28. The van der Waals surface area contributed by atoms with Gasteiger partial charge in [0.05, 0.1) is 6.10 Å². The number of hydrogen-bond acceptors (Lipinski definition) is 2. The molecule has 1 aliphatic heterocycles. The zero-order chi connectivity index (χ0) is 6.27. The lowest BCUT2D eigenvalue weighted by Gasteiger charge is -2.02. The Hall–Kier alpha value is 0.210. The van der Waals surface area contributed by atoms with Crippen LogP contribution in [0, 0.1) is 11.8 Å². The number of rotatable bonds is 0. The minimum absolute atomic E-state index is 0. The Morgan fingerprint density at radius 1 is 1.10 bits per heavy atom. The second-order valence-electron chi connectivity index (χ2n) is 3.30.